The van der Waals surface area contributed by atoms with Crippen molar-refractivity contribution in [3.8, 4) is 21.9 Å². The monoisotopic (exact) mass is 460 g/mol. The van der Waals surface area contributed by atoms with Gasteiger partial charge in [-0.15, -0.1) is 11.3 Å². The molecule has 0 saturated heterocycles. The van der Waals surface area contributed by atoms with Crippen molar-refractivity contribution < 1.29 is 19.1 Å². The molecule has 0 aliphatic heterocycles. The Hall–Kier alpha value is -2.84. The zero-order valence-corrected chi connectivity index (χ0v) is 17.5. The average Bonchev–Trinajstić information content (AvgIpc) is 3.18. The molecule has 6 nitrogen and oxygen atoms in total. The normalized spacial score (nSPS) is 10.4. The van der Waals surface area contributed by atoms with Gasteiger partial charge in [0.15, 0.2) is 11.5 Å². The van der Waals surface area contributed by atoms with E-state index >= 15 is 0 Å². The third-order valence-corrected chi connectivity index (χ3v) is 5.66. The number of methoxy groups -OCH3 is 2. The van der Waals surface area contributed by atoms with Crippen LogP contribution in [0.25, 0.3) is 10.4 Å². The largest absolute Gasteiger partial charge is 0.493 e. The lowest BCUT2D eigenvalue weighted by atomic mass is 10.1. The van der Waals surface area contributed by atoms with Crippen LogP contribution in [0.5, 0.6) is 11.5 Å². The lowest BCUT2D eigenvalue weighted by Crippen LogP contribution is -2.18. The summed E-state index contributed by atoms with van der Waals surface area (Å²) in [5.41, 5.74) is 6.85. The van der Waals surface area contributed by atoms with Gasteiger partial charge < -0.3 is 20.5 Å². The van der Waals surface area contributed by atoms with Gasteiger partial charge in [-0.05, 0) is 35.9 Å². The molecule has 3 N–H and O–H groups in total. The van der Waals surface area contributed by atoms with E-state index in [0.29, 0.717) is 16.4 Å². The molecule has 0 radical (unpaired) electrons. The smallest absolute Gasteiger partial charge is 0.265 e. The minimum absolute atomic E-state index is 0.135. The first-order valence-electron chi connectivity index (χ1n) is 8.16. The zero-order chi connectivity index (χ0) is 20.3. The van der Waals surface area contributed by atoms with Gasteiger partial charge in [0.2, 0.25) is 0 Å². The highest BCUT2D eigenvalue weighted by Gasteiger charge is 2.18. The summed E-state index contributed by atoms with van der Waals surface area (Å²) in [6.45, 7) is 0. The third-order valence-electron chi connectivity index (χ3n) is 4.00. The Bertz CT molecular complexity index is 1030. The van der Waals surface area contributed by atoms with Gasteiger partial charge in [0.25, 0.3) is 11.8 Å². The molecule has 0 bridgehead atoms. The van der Waals surface area contributed by atoms with Crippen LogP contribution in [-0.4, -0.2) is 26.0 Å². The van der Waals surface area contributed by atoms with Crippen LogP contribution in [0.3, 0.4) is 0 Å². The molecule has 3 aromatic rings. The predicted octanol–water partition coefficient (Wildman–Crippen LogP) is 4.55. The number of nitrogens with one attached hydrogen (secondary N) is 1. The maximum absolute atomic E-state index is 12.7. The number of benzene rings is 2. The van der Waals surface area contributed by atoms with E-state index < -0.39 is 5.91 Å². The van der Waals surface area contributed by atoms with E-state index in [1.165, 1.54) is 37.7 Å². The fourth-order valence-electron chi connectivity index (χ4n) is 2.60. The Kier molecular flexibility index (Phi) is 6.01. The molecule has 0 saturated carbocycles. The maximum Gasteiger partial charge on any atom is 0.265 e. The Morgan fingerprint density at radius 3 is 2.25 bits per heavy atom. The van der Waals surface area contributed by atoms with Crippen LogP contribution in [0.1, 0.15) is 20.0 Å². The Morgan fingerprint density at radius 1 is 1.00 bits per heavy atom. The fraction of sp³-hybridized carbons (Fsp3) is 0.100. The van der Waals surface area contributed by atoms with Crippen molar-refractivity contribution in [3.63, 3.8) is 0 Å². The van der Waals surface area contributed by atoms with Crippen LogP contribution in [0, 0.1) is 0 Å². The van der Waals surface area contributed by atoms with E-state index in [1.807, 2.05) is 30.3 Å². The van der Waals surface area contributed by atoms with Gasteiger partial charge in [0.05, 0.1) is 30.3 Å². The molecule has 0 unspecified atom stereocenters. The summed E-state index contributed by atoms with van der Waals surface area (Å²) < 4.78 is 11.4. The minimum Gasteiger partial charge on any atom is -0.493 e. The SMILES string of the molecule is COc1cc(NC(=O)c2ccc(-c3ccc(Br)cc3)s2)c(C(N)=O)cc1OC. The van der Waals surface area contributed by atoms with Crippen molar-refractivity contribution >= 4 is 44.8 Å². The van der Waals surface area contributed by atoms with Crippen molar-refractivity contribution in [2.75, 3.05) is 19.5 Å². The zero-order valence-electron chi connectivity index (χ0n) is 15.1. The molecule has 3 rings (SSSR count). The van der Waals surface area contributed by atoms with E-state index in [1.54, 1.807) is 6.07 Å². The highest BCUT2D eigenvalue weighted by molar-refractivity contribution is 9.10. The average molecular weight is 461 g/mol. The first-order chi connectivity index (χ1) is 13.4. The van der Waals surface area contributed by atoms with E-state index in [0.717, 1.165) is 14.9 Å². The third kappa shape index (κ3) is 4.18. The number of halogens is 1. The van der Waals surface area contributed by atoms with Crippen LogP contribution in [0.2, 0.25) is 0 Å². The van der Waals surface area contributed by atoms with Gasteiger partial charge in [0.1, 0.15) is 0 Å². The van der Waals surface area contributed by atoms with Crippen molar-refractivity contribution in [1.29, 1.82) is 0 Å². The summed E-state index contributed by atoms with van der Waals surface area (Å²) in [5, 5.41) is 2.74. The number of carbonyl (C=O) groups excluding carboxylic acids is 2. The number of thiophene rings is 1. The van der Waals surface area contributed by atoms with E-state index in [9.17, 15) is 9.59 Å². The number of nitrogens with two attached hydrogens (primary N) is 1. The second kappa shape index (κ2) is 8.45. The number of amides is 2. The quantitative estimate of drug-likeness (QED) is 0.564. The van der Waals surface area contributed by atoms with Crippen molar-refractivity contribution in [2.24, 2.45) is 5.73 Å². The van der Waals surface area contributed by atoms with Crippen LogP contribution >= 0.6 is 27.3 Å². The van der Waals surface area contributed by atoms with Gasteiger partial charge in [-0.25, -0.2) is 0 Å². The molecule has 0 aliphatic carbocycles. The highest BCUT2D eigenvalue weighted by atomic mass is 79.9. The molecule has 0 aliphatic rings. The van der Waals surface area contributed by atoms with Crippen molar-refractivity contribution in [3.05, 3.63) is 63.4 Å². The number of primary amides is 1. The molecule has 1 aromatic heterocycles. The molecule has 2 amide bonds. The van der Waals surface area contributed by atoms with Gasteiger partial charge in [-0.3, -0.25) is 9.59 Å². The number of hydrogen-bond donors (Lipinski definition) is 2. The summed E-state index contributed by atoms with van der Waals surface area (Å²) in [7, 11) is 2.92. The molecule has 0 spiro atoms. The van der Waals surface area contributed by atoms with Crippen molar-refractivity contribution in [1.82, 2.24) is 0 Å². The minimum atomic E-state index is -0.682. The number of anilines is 1. The van der Waals surface area contributed by atoms with E-state index in [4.69, 9.17) is 15.2 Å². The molecule has 0 atom stereocenters. The molecular formula is C20H17BrN2O4S. The Labute approximate surface area is 174 Å². The molecule has 0 fully saturated rings. The molecular weight excluding hydrogens is 444 g/mol. The van der Waals surface area contributed by atoms with Gasteiger partial charge >= 0.3 is 0 Å². The number of ether oxygens (including phenoxy) is 2. The summed E-state index contributed by atoms with van der Waals surface area (Å²) >= 11 is 4.76. The van der Waals surface area contributed by atoms with Crippen LogP contribution in [0.4, 0.5) is 5.69 Å². The van der Waals surface area contributed by atoms with Crippen LogP contribution < -0.4 is 20.5 Å². The van der Waals surface area contributed by atoms with E-state index in [-0.39, 0.29) is 17.2 Å². The molecule has 8 heteroatoms. The van der Waals surface area contributed by atoms with Gasteiger partial charge in [-0.2, -0.15) is 0 Å². The second-order valence-electron chi connectivity index (χ2n) is 5.74. The molecule has 2 aromatic carbocycles. The maximum atomic E-state index is 12.7. The number of carbonyl (C=O) groups is 2. The Morgan fingerprint density at radius 2 is 1.64 bits per heavy atom. The summed E-state index contributed by atoms with van der Waals surface area (Å²) in [6, 6.07) is 14.4. The lowest BCUT2D eigenvalue weighted by Gasteiger charge is -2.13. The number of rotatable bonds is 6. The molecule has 144 valence electrons. The summed E-state index contributed by atoms with van der Waals surface area (Å²) in [5.74, 6) is -0.298. The lowest BCUT2D eigenvalue weighted by molar-refractivity contribution is 0.100. The second-order valence-corrected chi connectivity index (χ2v) is 7.74. The van der Waals surface area contributed by atoms with Crippen molar-refractivity contribution in [2.45, 2.75) is 0 Å². The topological polar surface area (TPSA) is 90.6 Å². The molecule has 28 heavy (non-hydrogen) atoms. The van der Waals surface area contributed by atoms with Gasteiger partial charge in [-0.1, -0.05) is 28.1 Å². The first kappa shape index (κ1) is 19.9. The van der Waals surface area contributed by atoms with E-state index in [2.05, 4.69) is 21.2 Å². The van der Waals surface area contributed by atoms with Crippen LogP contribution in [0.15, 0.2) is 53.0 Å². The van der Waals surface area contributed by atoms with Gasteiger partial charge in [0, 0.05) is 15.4 Å². The highest BCUT2D eigenvalue weighted by Crippen LogP contribution is 2.34. The predicted molar refractivity (Wildman–Crippen MR) is 113 cm³/mol. The molecule has 1 heterocycles. The van der Waals surface area contributed by atoms with Crippen LogP contribution in [-0.2, 0) is 0 Å². The summed E-state index contributed by atoms with van der Waals surface area (Å²) in [6.07, 6.45) is 0. The summed E-state index contributed by atoms with van der Waals surface area (Å²) in [4.78, 5) is 26.0. The first-order valence-corrected chi connectivity index (χ1v) is 9.77. The standard InChI is InChI=1S/C20H17BrN2O4S/c1-26-15-9-13(19(22)24)14(10-16(15)27-2)23-20(25)18-8-7-17(28-18)11-3-5-12(21)6-4-11/h3-10H,1-2H3,(H2,22,24)(H,23,25). The Balaban J connectivity index is 1.89. The fourth-order valence-corrected chi connectivity index (χ4v) is 3.77. The number of hydrogen-bond acceptors (Lipinski definition) is 5.